The standard InChI is InChI=1S/C10H16/c1-4-10-7-5-6-8(2)9(10)3/h10H,2-7H2,1H3. The van der Waals surface area contributed by atoms with Crippen LogP contribution < -0.4 is 0 Å². The summed E-state index contributed by atoms with van der Waals surface area (Å²) in [6.07, 6.45) is 5.05. The Kier molecular flexibility index (Phi) is 2.31. The first-order chi connectivity index (χ1) is 4.75. The summed E-state index contributed by atoms with van der Waals surface area (Å²) in [4.78, 5) is 0. The highest BCUT2D eigenvalue weighted by atomic mass is 14.2. The van der Waals surface area contributed by atoms with Crippen LogP contribution in [0.5, 0.6) is 0 Å². The summed E-state index contributed by atoms with van der Waals surface area (Å²) >= 11 is 0. The number of hydrogen-bond acceptors (Lipinski definition) is 0. The van der Waals surface area contributed by atoms with Crippen molar-refractivity contribution in [3.05, 3.63) is 24.3 Å². The molecular formula is C10H16. The minimum atomic E-state index is 0.737. The van der Waals surface area contributed by atoms with Crippen molar-refractivity contribution in [2.45, 2.75) is 32.6 Å². The third-order valence-electron chi connectivity index (χ3n) is 2.47. The molecule has 10 heavy (non-hydrogen) atoms. The van der Waals surface area contributed by atoms with Gasteiger partial charge in [0.25, 0.3) is 0 Å². The molecule has 0 bridgehead atoms. The van der Waals surface area contributed by atoms with E-state index in [2.05, 4.69) is 20.1 Å². The summed E-state index contributed by atoms with van der Waals surface area (Å²) in [6.45, 7) is 10.3. The molecule has 1 unspecified atom stereocenters. The molecule has 0 heteroatoms. The Labute approximate surface area is 63.6 Å². The number of allylic oxidation sites excluding steroid dienone is 2. The third kappa shape index (κ3) is 1.31. The predicted octanol–water partition coefficient (Wildman–Crippen LogP) is 3.31. The molecule has 0 heterocycles. The molecule has 1 fully saturated rings. The zero-order valence-electron chi connectivity index (χ0n) is 6.82. The van der Waals surface area contributed by atoms with Crippen molar-refractivity contribution in [1.82, 2.24) is 0 Å². The molecule has 0 N–H and O–H groups in total. The van der Waals surface area contributed by atoms with E-state index in [-0.39, 0.29) is 0 Å². The van der Waals surface area contributed by atoms with Crippen molar-refractivity contribution in [3.8, 4) is 0 Å². The lowest BCUT2D eigenvalue weighted by atomic mass is 9.81. The SMILES string of the molecule is C=C1CCCC(CC)C1=C. The van der Waals surface area contributed by atoms with Gasteiger partial charge in [-0.3, -0.25) is 0 Å². The molecular weight excluding hydrogens is 120 g/mol. The van der Waals surface area contributed by atoms with Crippen LogP contribution in [-0.2, 0) is 0 Å². The molecule has 1 aliphatic rings. The van der Waals surface area contributed by atoms with Gasteiger partial charge in [-0.15, -0.1) is 0 Å². The first-order valence-corrected chi connectivity index (χ1v) is 4.12. The van der Waals surface area contributed by atoms with Crippen molar-refractivity contribution in [1.29, 1.82) is 0 Å². The molecule has 1 atom stereocenters. The fraction of sp³-hybridized carbons (Fsp3) is 0.600. The summed E-state index contributed by atoms with van der Waals surface area (Å²) in [5.41, 5.74) is 2.60. The average Bonchev–Trinajstić information content (AvgIpc) is 1.95. The van der Waals surface area contributed by atoms with Crippen molar-refractivity contribution < 1.29 is 0 Å². The van der Waals surface area contributed by atoms with Gasteiger partial charge >= 0.3 is 0 Å². The maximum atomic E-state index is 4.05. The zero-order chi connectivity index (χ0) is 7.56. The molecule has 1 rings (SSSR count). The van der Waals surface area contributed by atoms with Gasteiger partial charge in [-0.1, -0.05) is 25.7 Å². The van der Waals surface area contributed by atoms with E-state index >= 15 is 0 Å². The highest BCUT2D eigenvalue weighted by molar-refractivity contribution is 5.29. The van der Waals surface area contributed by atoms with Gasteiger partial charge in [0.05, 0.1) is 0 Å². The van der Waals surface area contributed by atoms with E-state index in [9.17, 15) is 0 Å². The molecule has 0 aromatic heterocycles. The van der Waals surface area contributed by atoms with Gasteiger partial charge in [-0.05, 0) is 37.2 Å². The third-order valence-corrected chi connectivity index (χ3v) is 2.47. The second-order valence-electron chi connectivity index (χ2n) is 3.13. The normalized spacial score (nSPS) is 27.1. The van der Waals surface area contributed by atoms with Crippen molar-refractivity contribution >= 4 is 0 Å². The lowest BCUT2D eigenvalue weighted by Gasteiger charge is -2.24. The number of hydrogen-bond donors (Lipinski definition) is 0. The molecule has 0 aromatic carbocycles. The van der Waals surface area contributed by atoms with Gasteiger partial charge in [-0.2, -0.15) is 0 Å². The highest BCUT2D eigenvalue weighted by Crippen LogP contribution is 2.33. The van der Waals surface area contributed by atoms with E-state index in [4.69, 9.17) is 0 Å². The molecule has 0 aromatic rings. The minimum absolute atomic E-state index is 0.737. The summed E-state index contributed by atoms with van der Waals surface area (Å²) in [6, 6.07) is 0. The van der Waals surface area contributed by atoms with E-state index in [1.165, 1.54) is 36.8 Å². The van der Waals surface area contributed by atoms with Gasteiger partial charge in [0, 0.05) is 0 Å². The van der Waals surface area contributed by atoms with E-state index in [1.807, 2.05) is 0 Å². The van der Waals surface area contributed by atoms with Crippen LogP contribution in [-0.4, -0.2) is 0 Å². The van der Waals surface area contributed by atoms with Crippen molar-refractivity contribution in [2.24, 2.45) is 5.92 Å². The lowest BCUT2D eigenvalue weighted by molar-refractivity contribution is 0.490. The van der Waals surface area contributed by atoms with Crippen LogP contribution in [0.2, 0.25) is 0 Å². The fourth-order valence-electron chi connectivity index (χ4n) is 1.64. The number of rotatable bonds is 1. The molecule has 0 amide bonds. The Morgan fingerprint density at radius 2 is 2.20 bits per heavy atom. The van der Waals surface area contributed by atoms with Gasteiger partial charge in [0.1, 0.15) is 0 Å². The van der Waals surface area contributed by atoms with Gasteiger partial charge in [0.15, 0.2) is 0 Å². The Morgan fingerprint density at radius 1 is 1.50 bits per heavy atom. The Balaban J connectivity index is 2.60. The maximum Gasteiger partial charge on any atom is -0.0168 e. The molecule has 0 nitrogen and oxygen atoms in total. The average molecular weight is 136 g/mol. The van der Waals surface area contributed by atoms with Gasteiger partial charge in [-0.25, -0.2) is 0 Å². The fourth-order valence-corrected chi connectivity index (χ4v) is 1.64. The van der Waals surface area contributed by atoms with Crippen LogP contribution in [0.4, 0.5) is 0 Å². The second kappa shape index (κ2) is 3.05. The summed E-state index contributed by atoms with van der Waals surface area (Å²) in [7, 11) is 0. The molecule has 56 valence electrons. The Morgan fingerprint density at radius 3 is 2.70 bits per heavy atom. The minimum Gasteiger partial charge on any atom is -0.0956 e. The second-order valence-corrected chi connectivity index (χ2v) is 3.13. The van der Waals surface area contributed by atoms with Crippen LogP contribution in [0.3, 0.4) is 0 Å². The predicted molar refractivity (Wildman–Crippen MR) is 45.9 cm³/mol. The van der Waals surface area contributed by atoms with Crippen LogP contribution in [0.25, 0.3) is 0 Å². The summed E-state index contributed by atoms with van der Waals surface area (Å²) in [5, 5.41) is 0. The Hall–Kier alpha value is -0.520. The summed E-state index contributed by atoms with van der Waals surface area (Å²) < 4.78 is 0. The van der Waals surface area contributed by atoms with Crippen molar-refractivity contribution in [2.75, 3.05) is 0 Å². The monoisotopic (exact) mass is 136 g/mol. The van der Waals surface area contributed by atoms with E-state index in [0.717, 1.165) is 5.92 Å². The smallest absolute Gasteiger partial charge is 0.0168 e. The van der Waals surface area contributed by atoms with Crippen LogP contribution >= 0.6 is 0 Å². The van der Waals surface area contributed by atoms with E-state index < -0.39 is 0 Å². The van der Waals surface area contributed by atoms with Gasteiger partial charge < -0.3 is 0 Å². The largest absolute Gasteiger partial charge is 0.0956 e. The quantitative estimate of drug-likeness (QED) is 0.518. The van der Waals surface area contributed by atoms with Crippen LogP contribution in [0, 0.1) is 5.92 Å². The van der Waals surface area contributed by atoms with E-state index in [0.29, 0.717) is 0 Å². The molecule has 0 radical (unpaired) electrons. The Bertz CT molecular complexity index is 153. The first kappa shape index (κ1) is 7.59. The van der Waals surface area contributed by atoms with Gasteiger partial charge in [0.2, 0.25) is 0 Å². The van der Waals surface area contributed by atoms with Crippen LogP contribution in [0.1, 0.15) is 32.6 Å². The topological polar surface area (TPSA) is 0 Å². The first-order valence-electron chi connectivity index (χ1n) is 4.12. The molecule has 1 aliphatic carbocycles. The van der Waals surface area contributed by atoms with Crippen LogP contribution in [0.15, 0.2) is 24.3 Å². The molecule has 0 spiro atoms. The van der Waals surface area contributed by atoms with E-state index in [1.54, 1.807) is 0 Å². The lowest BCUT2D eigenvalue weighted by Crippen LogP contribution is -2.09. The summed E-state index contributed by atoms with van der Waals surface area (Å²) in [5.74, 6) is 0.737. The maximum absolute atomic E-state index is 4.05. The highest BCUT2D eigenvalue weighted by Gasteiger charge is 2.17. The zero-order valence-corrected chi connectivity index (χ0v) is 6.82. The molecule has 1 saturated carbocycles. The molecule has 0 aliphatic heterocycles. The van der Waals surface area contributed by atoms with Crippen molar-refractivity contribution in [3.63, 3.8) is 0 Å². The molecule has 0 saturated heterocycles.